The lowest BCUT2D eigenvalue weighted by atomic mass is 10.0. The quantitative estimate of drug-likeness (QED) is 0.529. The van der Waals surface area contributed by atoms with Gasteiger partial charge in [0.05, 0.1) is 10.6 Å². The van der Waals surface area contributed by atoms with E-state index in [4.69, 9.17) is 11.6 Å². The number of hydrogen-bond donors (Lipinski definition) is 1. The van der Waals surface area contributed by atoms with Crippen LogP contribution in [0.3, 0.4) is 0 Å². The predicted octanol–water partition coefficient (Wildman–Crippen LogP) is 5.36. The van der Waals surface area contributed by atoms with Crippen LogP contribution in [0.15, 0.2) is 71.6 Å². The van der Waals surface area contributed by atoms with Crippen molar-refractivity contribution in [1.29, 1.82) is 0 Å². The number of nitrogens with one attached hydrogen (secondary N) is 1. The van der Waals surface area contributed by atoms with Crippen molar-refractivity contribution in [3.8, 4) is 0 Å². The van der Waals surface area contributed by atoms with E-state index in [1.807, 2.05) is 37.3 Å². The van der Waals surface area contributed by atoms with E-state index in [2.05, 4.69) is 5.32 Å². The lowest BCUT2D eigenvalue weighted by Gasteiger charge is -2.30. The molecule has 32 heavy (non-hydrogen) atoms. The van der Waals surface area contributed by atoms with Gasteiger partial charge in [0.15, 0.2) is 0 Å². The van der Waals surface area contributed by atoms with Crippen LogP contribution < -0.4 is 9.62 Å². The molecule has 0 fully saturated rings. The minimum absolute atomic E-state index is 0.114. The molecule has 0 spiro atoms. The van der Waals surface area contributed by atoms with Crippen molar-refractivity contribution in [2.45, 2.75) is 37.5 Å². The third kappa shape index (κ3) is 4.66. The number of carbonyl (C=O) groups is 1. The maximum Gasteiger partial charge on any atom is 0.264 e. The van der Waals surface area contributed by atoms with Crippen molar-refractivity contribution >= 4 is 38.9 Å². The molecule has 1 N–H and O–H groups in total. The number of para-hydroxylation sites is 1. The molecule has 7 heteroatoms. The number of aryl methyl sites for hydroxylation is 2. The molecule has 0 bridgehead atoms. The van der Waals surface area contributed by atoms with Crippen LogP contribution in [-0.2, 0) is 27.7 Å². The Balaban J connectivity index is 1.42. The molecule has 0 saturated carbocycles. The number of rotatable bonds is 6. The number of halogens is 1. The van der Waals surface area contributed by atoms with E-state index in [9.17, 15) is 13.2 Å². The highest BCUT2D eigenvalue weighted by Gasteiger charge is 2.28. The summed E-state index contributed by atoms with van der Waals surface area (Å²) in [5.74, 6) is -0.114. The van der Waals surface area contributed by atoms with Crippen molar-refractivity contribution < 1.29 is 13.2 Å². The van der Waals surface area contributed by atoms with E-state index in [0.717, 1.165) is 35.2 Å². The second-order valence-electron chi connectivity index (χ2n) is 7.91. The summed E-state index contributed by atoms with van der Waals surface area (Å²) < 4.78 is 28.0. The smallest absolute Gasteiger partial charge is 0.264 e. The van der Waals surface area contributed by atoms with Crippen molar-refractivity contribution in [3.05, 3.63) is 88.4 Å². The van der Waals surface area contributed by atoms with Gasteiger partial charge in [0.25, 0.3) is 10.0 Å². The van der Waals surface area contributed by atoms with E-state index in [1.165, 1.54) is 4.31 Å². The largest absolute Gasteiger partial charge is 0.326 e. The monoisotopic (exact) mass is 468 g/mol. The topological polar surface area (TPSA) is 66.5 Å². The van der Waals surface area contributed by atoms with Gasteiger partial charge in [-0.1, -0.05) is 48.0 Å². The fourth-order valence-electron chi connectivity index (χ4n) is 3.92. The third-order valence-electron chi connectivity index (χ3n) is 5.76. The first-order valence-electron chi connectivity index (χ1n) is 10.6. The molecule has 0 aliphatic carbocycles. The van der Waals surface area contributed by atoms with Crippen LogP contribution in [-0.4, -0.2) is 20.9 Å². The van der Waals surface area contributed by atoms with Gasteiger partial charge in [-0.05, 0) is 73.2 Å². The fraction of sp³-hybridized carbons (Fsp3) is 0.240. The molecular formula is C25H25ClN2O3S. The predicted molar refractivity (Wildman–Crippen MR) is 129 cm³/mol. The first kappa shape index (κ1) is 22.4. The zero-order valence-electron chi connectivity index (χ0n) is 17.8. The van der Waals surface area contributed by atoms with Gasteiger partial charge in [0, 0.05) is 23.7 Å². The molecule has 1 amide bonds. The third-order valence-corrected chi connectivity index (χ3v) is 8.00. The van der Waals surface area contributed by atoms with Crippen LogP contribution in [0, 0.1) is 6.92 Å². The second-order valence-corrected chi connectivity index (χ2v) is 10.2. The van der Waals surface area contributed by atoms with Gasteiger partial charge in [-0.25, -0.2) is 8.42 Å². The Hall–Kier alpha value is -2.83. The van der Waals surface area contributed by atoms with Crippen LogP contribution in [0.4, 0.5) is 11.4 Å². The zero-order valence-corrected chi connectivity index (χ0v) is 19.4. The van der Waals surface area contributed by atoms with Crippen LogP contribution in [0.2, 0.25) is 5.02 Å². The second kappa shape index (κ2) is 9.35. The minimum Gasteiger partial charge on any atom is -0.326 e. The first-order chi connectivity index (χ1) is 15.4. The number of amides is 1. The van der Waals surface area contributed by atoms with Crippen LogP contribution >= 0.6 is 11.6 Å². The number of carbonyl (C=O) groups excluding carboxylic acids is 1. The molecule has 0 atom stereocenters. The SMILES string of the molecule is Cc1c(Cl)cccc1NC(=O)CCc1ccc(S(=O)(=O)N2CCCc3ccccc32)cc1. The fourth-order valence-corrected chi connectivity index (χ4v) is 5.63. The highest BCUT2D eigenvalue weighted by Crippen LogP contribution is 2.32. The van der Waals surface area contributed by atoms with Crippen molar-refractivity contribution in [1.82, 2.24) is 0 Å². The number of fused-ring (bicyclic) bond motifs is 1. The molecule has 0 unspecified atom stereocenters. The maximum absolute atomic E-state index is 13.2. The number of nitrogens with zero attached hydrogens (tertiary/aromatic N) is 1. The summed E-state index contributed by atoms with van der Waals surface area (Å²) >= 11 is 6.10. The van der Waals surface area contributed by atoms with Gasteiger partial charge in [-0.15, -0.1) is 0 Å². The highest BCUT2D eigenvalue weighted by atomic mass is 35.5. The van der Waals surface area contributed by atoms with Crippen LogP contribution in [0.5, 0.6) is 0 Å². The molecule has 0 saturated heterocycles. The number of sulfonamides is 1. The number of anilines is 2. The number of benzene rings is 3. The first-order valence-corrected chi connectivity index (χ1v) is 12.4. The Morgan fingerprint density at radius 1 is 1.03 bits per heavy atom. The standard InChI is InChI=1S/C25H25ClN2O3S/c1-18-22(26)8-4-9-23(18)27-25(29)16-13-19-11-14-21(15-12-19)32(30,31)28-17-5-7-20-6-2-3-10-24(20)28/h2-4,6,8-12,14-15H,5,7,13,16-17H2,1H3,(H,27,29). The lowest BCUT2D eigenvalue weighted by molar-refractivity contribution is -0.116. The molecular weight excluding hydrogens is 444 g/mol. The van der Waals surface area contributed by atoms with Gasteiger partial charge < -0.3 is 5.32 Å². The van der Waals surface area contributed by atoms with Gasteiger partial charge in [-0.2, -0.15) is 0 Å². The molecule has 166 valence electrons. The van der Waals surface area contributed by atoms with Gasteiger partial charge in [-0.3, -0.25) is 9.10 Å². The minimum atomic E-state index is -3.63. The molecule has 3 aromatic carbocycles. The molecule has 5 nitrogen and oxygen atoms in total. The van der Waals surface area contributed by atoms with Crippen LogP contribution in [0.25, 0.3) is 0 Å². The van der Waals surface area contributed by atoms with Crippen LogP contribution in [0.1, 0.15) is 29.5 Å². The summed E-state index contributed by atoms with van der Waals surface area (Å²) in [6.45, 7) is 2.34. The normalized spacial score (nSPS) is 13.5. The summed E-state index contributed by atoms with van der Waals surface area (Å²) in [6, 6.07) is 19.9. The lowest BCUT2D eigenvalue weighted by Crippen LogP contribution is -2.35. The molecule has 1 aliphatic rings. The summed E-state index contributed by atoms with van der Waals surface area (Å²) in [4.78, 5) is 12.6. The van der Waals surface area contributed by atoms with E-state index < -0.39 is 10.0 Å². The van der Waals surface area contributed by atoms with Crippen molar-refractivity contribution in [2.24, 2.45) is 0 Å². The van der Waals surface area contributed by atoms with Crippen molar-refractivity contribution in [2.75, 3.05) is 16.2 Å². The number of hydrogen-bond acceptors (Lipinski definition) is 3. The molecule has 0 aromatic heterocycles. The van der Waals surface area contributed by atoms with E-state index >= 15 is 0 Å². The highest BCUT2D eigenvalue weighted by molar-refractivity contribution is 7.92. The summed E-state index contributed by atoms with van der Waals surface area (Å²) in [5.41, 5.74) is 4.25. The Morgan fingerprint density at radius 2 is 1.78 bits per heavy atom. The Bertz CT molecular complexity index is 1240. The summed E-state index contributed by atoms with van der Waals surface area (Å²) in [5, 5.41) is 3.49. The molecule has 1 aliphatic heterocycles. The maximum atomic E-state index is 13.2. The average molecular weight is 469 g/mol. The van der Waals surface area contributed by atoms with Crippen molar-refractivity contribution in [3.63, 3.8) is 0 Å². The Labute approximate surface area is 194 Å². The molecule has 4 rings (SSSR count). The van der Waals surface area contributed by atoms with E-state index in [0.29, 0.717) is 23.7 Å². The van der Waals surface area contributed by atoms with E-state index in [1.54, 1.807) is 36.4 Å². The Kier molecular flexibility index (Phi) is 6.53. The molecule has 3 aromatic rings. The molecule has 0 radical (unpaired) electrons. The molecule has 1 heterocycles. The zero-order chi connectivity index (χ0) is 22.7. The van der Waals surface area contributed by atoms with E-state index in [-0.39, 0.29) is 17.2 Å². The summed E-state index contributed by atoms with van der Waals surface area (Å²) in [6.07, 6.45) is 2.49. The van der Waals surface area contributed by atoms with Gasteiger partial charge in [0.1, 0.15) is 0 Å². The van der Waals surface area contributed by atoms with Gasteiger partial charge in [0.2, 0.25) is 5.91 Å². The van der Waals surface area contributed by atoms with Gasteiger partial charge >= 0.3 is 0 Å². The Morgan fingerprint density at radius 3 is 2.56 bits per heavy atom. The summed E-state index contributed by atoms with van der Waals surface area (Å²) in [7, 11) is -3.63. The average Bonchev–Trinajstić information content (AvgIpc) is 2.80.